The minimum atomic E-state index is -0.501. The highest BCUT2D eigenvalue weighted by molar-refractivity contribution is 8.03. The number of rotatable bonds is 14. The van der Waals surface area contributed by atoms with Gasteiger partial charge >= 0.3 is 11.9 Å². The van der Waals surface area contributed by atoms with Crippen molar-refractivity contribution in [2.75, 3.05) is 83.8 Å². The van der Waals surface area contributed by atoms with Crippen molar-refractivity contribution < 1.29 is 33.0 Å². The smallest absolute Gasteiger partial charge is 0.362 e. The zero-order valence-corrected chi connectivity index (χ0v) is 34.1. The number of nitrogens with one attached hydrogen (secondary N) is 1. The number of nitrogens with zero attached hydrogens (tertiary/aromatic N) is 4. The molecule has 0 saturated heterocycles. The van der Waals surface area contributed by atoms with E-state index in [-0.39, 0.29) is 11.9 Å². The lowest BCUT2D eigenvalue weighted by Crippen LogP contribution is -2.48. The molecule has 52 heavy (non-hydrogen) atoms. The van der Waals surface area contributed by atoms with Crippen molar-refractivity contribution in [3.05, 3.63) is 64.7 Å². The Bertz CT molecular complexity index is 1740. The average molecular weight is 733 g/mol. The molecule has 0 aliphatic carbocycles. The fraction of sp³-hybridized carbons (Fsp3) is 0.548. The van der Waals surface area contributed by atoms with Gasteiger partial charge in [0.15, 0.2) is 13.1 Å². The Balaban J connectivity index is 1.40. The molecule has 5 rings (SSSR count). The van der Waals surface area contributed by atoms with E-state index in [2.05, 4.69) is 97.6 Å². The number of H-pyrrole nitrogens is 1. The number of hydrogen-bond acceptors (Lipinski definition) is 7. The van der Waals surface area contributed by atoms with E-state index in [4.69, 9.17) is 9.47 Å². The molecule has 0 saturated carbocycles. The number of carbonyl (C=O) groups excluding carboxylic acids is 2. The molecule has 0 bridgehead atoms. The fourth-order valence-electron chi connectivity index (χ4n) is 7.20. The molecule has 2 aromatic carbocycles. The number of pyridine rings is 1. The van der Waals surface area contributed by atoms with Crippen LogP contribution in [0.2, 0.25) is 0 Å². The lowest BCUT2D eigenvalue weighted by molar-refractivity contribution is -0.883. The number of carbonyl (C=O) groups is 2. The van der Waals surface area contributed by atoms with Gasteiger partial charge < -0.3 is 23.3 Å². The lowest BCUT2D eigenvalue weighted by atomic mass is 10.0. The first-order valence-electron chi connectivity index (χ1n) is 18.8. The summed E-state index contributed by atoms with van der Waals surface area (Å²) < 4.78 is 12.4. The second-order valence-electron chi connectivity index (χ2n) is 17.8. The summed E-state index contributed by atoms with van der Waals surface area (Å²) in [5.41, 5.74) is 4.12. The number of aromatic amines is 1. The molecule has 0 spiro atoms. The Kier molecular flexibility index (Phi) is 12.0. The first kappa shape index (κ1) is 39.6. The molecule has 282 valence electrons. The summed E-state index contributed by atoms with van der Waals surface area (Å²) in [4.78, 5) is 35.5. The van der Waals surface area contributed by atoms with Crippen LogP contribution in [0.1, 0.15) is 71.9 Å². The van der Waals surface area contributed by atoms with Gasteiger partial charge in [0, 0.05) is 35.7 Å². The van der Waals surface area contributed by atoms with Crippen LogP contribution >= 0.6 is 11.8 Å². The van der Waals surface area contributed by atoms with Gasteiger partial charge in [-0.2, -0.15) is 0 Å². The Labute approximate surface area is 316 Å². The number of para-hydroxylation sites is 2. The summed E-state index contributed by atoms with van der Waals surface area (Å²) in [5.74, 6) is 0.723. The third-order valence-corrected chi connectivity index (χ3v) is 10.5. The normalized spacial score (nSPS) is 15.6. The number of thioether (sulfide) groups is 1. The van der Waals surface area contributed by atoms with Gasteiger partial charge in [-0.05, 0) is 83.7 Å². The number of ether oxygens (including phenoxy) is 2. The number of quaternary nitrogens is 2. The van der Waals surface area contributed by atoms with Crippen molar-refractivity contribution in [2.24, 2.45) is 0 Å². The monoisotopic (exact) mass is 732 g/mol. The topological polar surface area (TPSA) is 73.2 Å². The Morgan fingerprint density at radius 1 is 0.865 bits per heavy atom. The van der Waals surface area contributed by atoms with E-state index >= 15 is 0 Å². The molecule has 0 fully saturated rings. The highest BCUT2D eigenvalue weighted by Crippen LogP contribution is 2.50. The summed E-state index contributed by atoms with van der Waals surface area (Å²) in [6.07, 6.45) is 6.45. The third-order valence-electron chi connectivity index (χ3n) is 9.41. The molecular weight excluding hydrogens is 671 g/mol. The fourth-order valence-corrected chi connectivity index (χ4v) is 8.38. The lowest BCUT2D eigenvalue weighted by Gasteiger charge is -2.31. The summed E-state index contributed by atoms with van der Waals surface area (Å²) >= 11 is 1.87. The molecule has 2 aliphatic heterocycles. The van der Waals surface area contributed by atoms with Crippen molar-refractivity contribution in [2.45, 2.75) is 83.3 Å². The minimum Gasteiger partial charge on any atom is -0.456 e. The first-order valence-corrected chi connectivity index (χ1v) is 19.7. The molecule has 3 heterocycles. The average Bonchev–Trinajstić information content (AvgIpc) is 3.36. The Morgan fingerprint density at radius 3 is 2.06 bits per heavy atom. The second-order valence-corrected chi connectivity index (χ2v) is 18.8. The molecule has 10 heteroatoms. The molecule has 1 aromatic heterocycles. The molecule has 0 unspecified atom stereocenters. The van der Waals surface area contributed by atoms with Gasteiger partial charge in [-0.3, -0.25) is 4.90 Å². The quantitative estimate of drug-likeness (QED) is 0.132. The molecule has 0 atom stereocenters. The number of likely N-dealkylation sites (N-methyl/N-ethyl adjacent to an activating group) is 2. The van der Waals surface area contributed by atoms with Crippen LogP contribution in [0, 0.1) is 0 Å². The zero-order valence-electron chi connectivity index (χ0n) is 33.3. The molecule has 1 N–H and O–H groups in total. The predicted molar refractivity (Wildman–Crippen MR) is 213 cm³/mol. The Morgan fingerprint density at radius 2 is 1.46 bits per heavy atom. The molecule has 3 aromatic rings. The maximum Gasteiger partial charge on any atom is 0.362 e. The van der Waals surface area contributed by atoms with Crippen molar-refractivity contribution >= 4 is 52.2 Å². The SMILES string of the molecule is CC(C)(C)OC(=O)C[N+](C)(C)CCCN(CCC[N+](C)(C)CC(=O)OC(C)(C)C)c1cc(/C=C2\Sc3cccc4c3N2CCC4)c2ccccc2[nH+]1. The van der Waals surface area contributed by atoms with E-state index in [0.717, 1.165) is 69.7 Å². The molecule has 0 amide bonds. The standard InChI is InChI=1S/C42H61N5O4S/c1-41(2,3)50-38(48)29-46(7,8)25-15-22-44(23-16-26-47(9,10)30-39(49)51-42(4,5)6)36-27-32(33-19-11-12-20-34(33)43-36)28-37-45-24-14-18-31-17-13-21-35(52-37)40(31)45/h11-13,17,19-21,27-28H,14-16,18,22-26,29-30H2,1-10H3/q+2/p+1/b37-28-. The van der Waals surface area contributed by atoms with Crippen LogP contribution in [-0.2, 0) is 25.5 Å². The number of anilines is 2. The predicted octanol–water partition coefficient (Wildman–Crippen LogP) is 6.93. The number of hydrogen-bond donors (Lipinski definition) is 0. The minimum absolute atomic E-state index is 0.173. The Hall–Kier alpha value is -3.60. The van der Waals surface area contributed by atoms with E-state index in [1.54, 1.807) is 0 Å². The zero-order chi connectivity index (χ0) is 37.9. The van der Waals surface area contributed by atoms with Crippen LogP contribution in [0.4, 0.5) is 11.5 Å². The highest BCUT2D eigenvalue weighted by atomic mass is 32.2. The maximum absolute atomic E-state index is 12.7. The van der Waals surface area contributed by atoms with Crippen LogP contribution in [0.15, 0.2) is 58.5 Å². The van der Waals surface area contributed by atoms with E-state index in [9.17, 15) is 9.59 Å². The van der Waals surface area contributed by atoms with Crippen LogP contribution in [-0.4, -0.2) is 106 Å². The van der Waals surface area contributed by atoms with Crippen molar-refractivity contribution in [1.29, 1.82) is 0 Å². The van der Waals surface area contributed by atoms with E-state index in [1.807, 2.05) is 53.3 Å². The largest absolute Gasteiger partial charge is 0.456 e. The van der Waals surface area contributed by atoms with E-state index in [0.29, 0.717) is 22.1 Å². The van der Waals surface area contributed by atoms with E-state index in [1.165, 1.54) is 32.1 Å². The molecule has 9 nitrogen and oxygen atoms in total. The summed E-state index contributed by atoms with van der Waals surface area (Å²) in [6.45, 7) is 16.4. The number of aromatic nitrogens is 1. The van der Waals surface area contributed by atoms with Gasteiger partial charge in [0.1, 0.15) is 16.7 Å². The molecular formula is C42H62N5O4S+3. The van der Waals surface area contributed by atoms with Gasteiger partial charge in [-0.15, -0.1) is 0 Å². The number of aryl methyl sites for hydroxylation is 1. The third kappa shape index (κ3) is 11.0. The first-order chi connectivity index (χ1) is 24.3. The molecule has 0 radical (unpaired) electrons. The summed E-state index contributed by atoms with van der Waals surface area (Å²) in [7, 11) is 8.39. The van der Waals surface area contributed by atoms with Crippen LogP contribution < -0.4 is 14.8 Å². The summed E-state index contributed by atoms with van der Waals surface area (Å²) in [6, 6.07) is 17.6. The second kappa shape index (κ2) is 15.8. The van der Waals surface area contributed by atoms with Crippen LogP contribution in [0.25, 0.3) is 17.0 Å². The summed E-state index contributed by atoms with van der Waals surface area (Å²) in [5, 5.41) is 2.47. The van der Waals surface area contributed by atoms with Crippen LogP contribution in [0.5, 0.6) is 0 Å². The number of fused-ring (bicyclic) bond motifs is 1. The number of benzene rings is 2. The van der Waals surface area contributed by atoms with Gasteiger partial charge in [0.05, 0.1) is 65.1 Å². The van der Waals surface area contributed by atoms with Crippen molar-refractivity contribution in [3.8, 4) is 0 Å². The highest BCUT2D eigenvalue weighted by Gasteiger charge is 2.32. The molecule has 2 aliphatic rings. The maximum atomic E-state index is 12.7. The van der Waals surface area contributed by atoms with Gasteiger partial charge in [-0.25, -0.2) is 14.6 Å². The van der Waals surface area contributed by atoms with Crippen molar-refractivity contribution in [1.82, 2.24) is 0 Å². The van der Waals surface area contributed by atoms with Crippen molar-refractivity contribution in [3.63, 3.8) is 0 Å². The van der Waals surface area contributed by atoms with Gasteiger partial charge in [0.2, 0.25) is 0 Å². The van der Waals surface area contributed by atoms with Gasteiger partial charge in [0.25, 0.3) is 5.82 Å². The van der Waals surface area contributed by atoms with Gasteiger partial charge in [-0.1, -0.05) is 42.1 Å². The number of esters is 2. The van der Waals surface area contributed by atoms with Crippen LogP contribution in [0.3, 0.4) is 0 Å². The van der Waals surface area contributed by atoms with E-state index < -0.39 is 11.2 Å².